The highest BCUT2D eigenvalue weighted by atomic mass is 14.7. The van der Waals surface area contributed by atoms with Crippen molar-refractivity contribution in [2.24, 2.45) is 5.73 Å². The Morgan fingerprint density at radius 2 is 1.17 bits per heavy atom. The van der Waals surface area contributed by atoms with Crippen LogP contribution in [0.3, 0.4) is 0 Å². The molecule has 0 atom stereocenters. The Hall–Kier alpha value is -1.60. The van der Waals surface area contributed by atoms with Crippen LogP contribution >= 0.6 is 0 Å². The van der Waals surface area contributed by atoms with Gasteiger partial charge in [0.2, 0.25) is 0 Å². The summed E-state index contributed by atoms with van der Waals surface area (Å²) in [5.74, 6) is 0. The molecule has 0 aliphatic rings. The van der Waals surface area contributed by atoms with E-state index in [1.165, 1.54) is 11.1 Å². The Kier molecular flexibility index (Phi) is 4.16. The molecule has 0 unspecified atom stereocenters. The molecular formula is C17H21N. The molecule has 18 heavy (non-hydrogen) atoms. The highest BCUT2D eigenvalue weighted by Gasteiger charge is 2.23. The second kappa shape index (κ2) is 5.83. The normalized spacial score (nSPS) is 11.4. The quantitative estimate of drug-likeness (QED) is 0.848. The first kappa shape index (κ1) is 12.8. The zero-order chi connectivity index (χ0) is 12.8. The summed E-state index contributed by atoms with van der Waals surface area (Å²) in [6.45, 7) is 2.17. The minimum atomic E-state index is -0.150. The average Bonchev–Trinajstić information content (AvgIpc) is 2.41. The molecule has 0 aromatic heterocycles. The van der Waals surface area contributed by atoms with Crippen LogP contribution in [0.15, 0.2) is 60.7 Å². The largest absolute Gasteiger partial charge is 0.325 e. The van der Waals surface area contributed by atoms with Crippen LogP contribution in [0.25, 0.3) is 0 Å². The molecule has 0 radical (unpaired) electrons. The molecule has 0 heterocycles. The van der Waals surface area contributed by atoms with Gasteiger partial charge >= 0.3 is 0 Å². The van der Waals surface area contributed by atoms with E-state index in [1.54, 1.807) is 0 Å². The highest BCUT2D eigenvalue weighted by Crippen LogP contribution is 2.20. The zero-order valence-electron chi connectivity index (χ0n) is 11.0. The van der Waals surface area contributed by atoms with Gasteiger partial charge in [-0.15, -0.1) is 0 Å². The van der Waals surface area contributed by atoms with Gasteiger partial charge in [-0.2, -0.15) is 0 Å². The predicted molar refractivity (Wildman–Crippen MR) is 77.5 cm³/mol. The molecule has 0 aliphatic carbocycles. The summed E-state index contributed by atoms with van der Waals surface area (Å²) in [6.07, 6.45) is 2.84. The van der Waals surface area contributed by atoms with Crippen LogP contribution in [0.1, 0.15) is 24.5 Å². The molecule has 0 saturated carbocycles. The van der Waals surface area contributed by atoms with Crippen molar-refractivity contribution in [3.63, 3.8) is 0 Å². The molecule has 0 spiro atoms. The number of hydrogen-bond donors (Lipinski definition) is 1. The van der Waals surface area contributed by atoms with Crippen LogP contribution in [-0.4, -0.2) is 5.54 Å². The van der Waals surface area contributed by atoms with Crippen molar-refractivity contribution in [2.75, 3.05) is 0 Å². The monoisotopic (exact) mass is 239 g/mol. The number of rotatable bonds is 5. The van der Waals surface area contributed by atoms with E-state index in [2.05, 4.69) is 55.5 Å². The van der Waals surface area contributed by atoms with Gasteiger partial charge in [-0.25, -0.2) is 0 Å². The highest BCUT2D eigenvalue weighted by molar-refractivity contribution is 5.22. The van der Waals surface area contributed by atoms with Gasteiger partial charge in [0.25, 0.3) is 0 Å². The molecule has 2 rings (SSSR count). The third-order valence-electron chi connectivity index (χ3n) is 3.50. The van der Waals surface area contributed by atoms with Crippen LogP contribution in [0.4, 0.5) is 0 Å². The first-order valence-corrected chi connectivity index (χ1v) is 6.58. The topological polar surface area (TPSA) is 26.0 Å². The van der Waals surface area contributed by atoms with E-state index in [-0.39, 0.29) is 5.54 Å². The minimum Gasteiger partial charge on any atom is -0.325 e. The second-order valence-electron chi connectivity index (χ2n) is 5.04. The number of hydrogen-bond acceptors (Lipinski definition) is 1. The van der Waals surface area contributed by atoms with Crippen LogP contribution in [0.2, 0.25) is 0 Å². The Morgan fingerprint density at radius 3 is 1.50 bits per heavy atom. The SMILES string of the molecule is CCC(N)(Cc1ccccc1)Cc1ccccc1. The minimum absolute atomic E-state index is 0.150. The molecule has 0 amide bonds. The van der Waals surface area contributed by atoms with Gasteiger partial charge in [0.15, 0.2) is 0 Å². The fourth-order valence-electron chi connectivity index (χ4n) is 2.32. The van der Waals surface area contributed by atoms with E-state index in [0.717, 1.165) is 19.3 Å². The summed E-state index contributed by atoms with van der Waals surface area (Å²) in [6, 6.07) is 21.0. The maximum absolute atomic E-state index is 6.56. The van der Waals surface area contributed by atoms with Crippen molar-refractivity contribution in [3.05, 3.63) is 71.8 Å². The van der Waals surface area contributed by atoms with Gasteiger partial charge in [0, 0.05) is 5.54 Å². The van der Waals surface area contributed by atoms with Gasteiger partial charge in [-0.05, 0) is 30.4 Å². The first-order chi connectivity index (χ1) is 8.72. The van der Waals surface area contributed by atoms with E-state index in [1.807, 2.05) is 12.1 Å². The smallest absolute Gasteiger partial charge is 0.0233 e. The van der Waals surface area contributed by atoms with Crippen molar-refractivity contribution in [2.45, 2.75) is 31.7 Å². The summed E-state index contributed by atoms with van der Waals surface area (Å²) in [5.41, 5.74) is 9.05. The van der Waals surface area contributed by atoms with E-state index < -0.39 is 0 Å². The Morgan fingerprint density at radius 1 is 0.778 bits per heavy atom. The maximum Gasteiger partial charge on any atom is 0.0233 e. The van der Waals surface area contributed by atoms with Crippen LogP contribution in [0.5, 0.6) is 0 Å². The van der Waals surface area contributed by atoms with Gasteiger partial charge < -0.3 is 5.73 Å². The van der Waals surface area contributed by atoms with Crippen molar-refractivity contribution in [1.82, 2.24) is 0 Å². The maximum atomic E-state index is 6.56. The lowest BCUT2D eigenvalue weighted by Crippen LogP contribution is -2.43. The third-order valence-corrected chi connectivity index (χ3v) is 3.50. The molecule has 2 aromatic rings. The van der Waals surface area contributed by atoms with E-state index >= 15 is 0 Å². The third kappa shape index (κ3) is 3.44. The summed E-state index contributed by atoms with van der Waals surface area (Å²) in [5, 5.41) is 0. The van der Waals surface area contributed by atoms with Crippen LogP contribution in [0, 0.1) is 0 Å². The Bertz CT molecular complexity index is 420. The summed E-state index contributed by atoms with van der Waals surface area (Å²) in [4.78, 5) is 0. The van der Waals surface area contributed by atoms with Gasteiger partial charge in [0.1, 0.15) is 0 Å². The molecule has 2 aromatic carbocycles. The molecule has 0 saturated heterocycles. The summed E-state index contributed by atoms with van der Waals surface area (Å²) in [7, 11) is 0. The fourth-order valence-corrected chi connectivity index (χ4v) is 2.32. The van der Waals surface area contributed by atoms with Crippen molar-refractivity contribution < 1.29 is 0 Å². The van der Waals surface area contributed by atoms with Crippen LogP contribution in [-0.2, 0) is 12.8 Å². The molecule has 0 bridgehead atoms. The van der Waals surface area contributed by atoms with E-state index in [0.29, 0.717) is 0 Å². The second-order valence-corrected chi connectivity index (χ2v) is 5.04. The van der Waals surface area contributed by atoms with Gasteiger partial charge in [-0.1, -0.05) is 67.6 Å². The fraction of sp³-hybridized carbons (Fsp3) is 0.294. The summed E-state index contributed by atoms with van der Waals surface area (Å²) < 4.78 is 0. The molecule has 1 heteroatoms. The number of benzene rings is 2. The van der Waals surface area contributed by atoms with Crippen molar-refractivity contribution in [3.8, 4) is 0 Å². The lowest BCUT2D eigenvalue weighted by molar-refractivity contribution is 0.404. The standard InChI is InChI=1S/C17H21N/c1-2-17(18,13-15-9-5-3-6-10-15)14-16-11-7-4-8-12-16/h3-12H,2,13-14,18H2,1H3. The molecule has 1 nitrogen and oxygen atoms in total. The predicted octanol–water partition coefficient (Wildman–Crippen LogP) is 3.58. The Labute approximate surface area is 110 Å². The Balaban J connectivity index is 2.11. The van der Waals surface area contributed by atoms with Crippen LogP contribution < -0.4 is 5.73 Å². The average molecular weight is 239 g/mol. The molecule has 0 fully saturated rings. The lowest BCUT2D eigenvalue weighted by Gasteiger charge is -2.28. The summed E-state index contributed by atoms with van der Waals surface area (Å²) >= 11 is 0. The zero-order valence-corrected chi connectivity index (χ0v) is 11.0. The number of nitrogens with two attached hydrogens (primary N) is 1. The van der Waals surface area contributed by atoms with E-state index in [9.17, 15) is 0 Å². The molecule has 2 N–H and O–H groups in total. The first-order valence-electron chi connectivity index (χ1n) is 6.58. The van der Waals surface area contributed by atoms with Crippen molar-refractivity contribution in [1.29, 1.82) is 0 Å². The van der Waals surface area contributed by atoms with E-state index in [4.69, 9.17) is 5.73 Å². The lowest BCUT2D eigenvalue weighted by atomic mass is 9.83. The molecule has 0 aliphatic heterocycles. The van der Waals surface area contributed by atoms with Gasteiger partial charge in [0.05, 0.1) is 0 Å². The molecule has 94 valence electrons. The van der Waals surface area contributed by atoms with Crippen molar-refractivity contribution >= 4 is 0 Å². The van der Waals surface area contributed by atoms with Gasteiger partial charge in [-0.3, -0.25) is 0 Å². The molecular weight excluding hydrogens is 218 g/mol.